The first-order valence-electron chi connectivity index (χ1n) is 14.8. The zero-order chi connectivity index (χ0) is 24.8. The van der Waals surface area contributed by atoms with Crippen LogP contribution in [0.15, 0.2) is 23.2 Å². The number of nitrogens with zero attached hydrogens (tertiary/aromatic N) is 1. The Morgan fingerprint density at radius 2 is 1.63 bits per heavy atom. The van der Waals surface area contributed by atoms with Gasteiger partial charge in [-0.3, -0.25) is 9.79 Å². The van der Waals surface area contributed by atoms with Crippen molar-refractivity contribution in [2.45, 2.75) is 97.3 Å². The highest BCUT2D eigenvalue weighted by Crippen LogP contribution is 2.59. The Bertz CT molecular complexity index is 865. The highest BCUT2D eigenvalue weighted by atomic mass is 16.1. The van der Waals surface area contributed by atoms with E-state index in [1.807, 2.05) is 33.0 Å². The molecule has 0 spiro atoms. The molecule has 194 valence electrons. The second kappa shape index (κ2) is 12.4. The van der Waals surface area contributed by atoms with Gasteiger partial charge in [-0.15, -0.1) is 0 Å². The van der Waals surface area contributed by atoms with E-state index in [1.54, 1.807) is 6.07 Å². The monoisotopic (exact) mass is 479 g/mol. The molecule has 35 heavy (non-hydrogen) atoms. The van der Waals surface area contributed by atoms with E-state index in [0.29, 0.717) is 11.3 Å². The van der Waals surface area contributed by atoms with Crippen LogP contribution < -0.4 is 11.1 Å². The summed E-state index contributed by atoms with van der Waals surface area (Å²) in [5.41, 5.74) is 7.78. The van der Waals surface area contributed by atoms with E-state index in [9.17, 15) is 4.79 Å². The summed E-state index contributed by atoms with van der Waals surface area (Å²) in [4.78, 5) is 15.9. The van der Waals surface area contributed by atoms with Gasteiger partial charge >= 0.3 is 0 Å². The lowest BCUT2D eigenvalue weighted by Gasteiger charge is -2.52. The minimum atomic E-state index is 0.514. The summed E-state index contributed by atoms with van der Waals surface area (Å²) in [5.74, 6) is 8.15. The van der Waals surface area contributed by atoms with Gasteiger partial charge in [-0.1, -0.05) is 39.2 Å². The molecule has 4 aliphatic rings. The number of carbonyl (C=O) groups is 1. The molecular weight excluding hydrogens is 430 g/mol. The van der Waals surface area contributed by atoms with E-state index in [-0.39, 0.29) is 0 Å². The van der Waals surface area contributed by atoms with Crippen molar-refractivity contribution >= 4 is 23.5 Å². The fourth-order valence-electron chi connectivity index (χ4n) is 8.71. The molecule has 4 aliphatic carbocycles. The van der Waals surface area contributed by atoms with Gasteiger partial charge in [0.05, 0.1) is 11.3 Å². The van der Waals surface area contributed by atoms with E-state index < -0.39 is 0 Å². The molecule has 4 saturated carbocycles. The SMILES string of the molecule is CC.CN=C(CCCC1CCC2C1CCC1C3CCCCC3CCC21)Nc1cccc(N)c1C=O. The molecule has 4 fully saturated rings. The smallest absolute Gasteiger partial charge is 0.154 e. The molecule has 4 heteroatoms. The summed E-state index contributed by atoms with van der Waals surface area (Å²) in [6.07, 6.45) is 19.4. The Morgan fingerprint density at radius 1 is 0.943 bits per heavy atom. The number of nitrogen functional groups attached to an aromatic ring is 1. The molecule has 0 heterocycles. The van der Waals surface area contributed by atoms with Gasteiger partial charge in [-0.05, 0) is 111 Å². The number of aldehydes is 1. The predicted molar refractivity (Wildman–Crippen MR) is 149 cm³/mol. The topological polar surface area (TPSA) is 67.5 Å². The molecule has 0 radical (unpaired) electrons. The van der Waals surface area contributed by atoms with E-state index in [1.165, 1.54) is 77.0 Å². The molecule has 7 unspecified atom stereocenters. The number of hydrogen-bond donors (Lipinski definition) is 2. The number of benzene rings is 1. The van der Waals surface area contributed by atoms with Crippen LogP contribution in [0, 0.1) is 41.4 Å². The van der Waals surface area contributed by atoms with Crippen LogP contribution >= 0.6 is 0 Å². The van der Waals surface area contributed by atoms with Crippen molar-refractivity contribution in [2.24, 2.45) is 46.4 Å². The lowest BCUT2D eigenvalue weighted by atomic mass is 9.53. The Labute approximate surface area is 213 Å². The van der Waals surface area contributed by atoms with E-state index >= 15 is 0 Å². The van der Waals surface area contributed by atoms with E-state index in [0.717, 1.165) is 65.7 Å². The fourth-order valence-corrected chi connectivity index (χ4v) is 8.71. The summed E-state index contributed by atoms with van der Waals surface area (Å²) in [6, 6.07) is 5.56. The summed E-state index contributed by atoms with van der Waals surface area (Å²) in [7, 11) is 1.84. The fraction of sp³-hybridized carbons (Fsp3) is 0.742. The van der Waals surface area contributed by atoms with Crippen LogP contribution in [0.1, 0.15) is 108 Å². The largest absolute Gasteiger partial charge is 0.398 e. The van der Waals surface area contributed by atoms with Crippen molar-refractivity contribution in [2.75, 3.05) is 18.1 Å². The Balaban J connectivity index is 0.00000141. The van der Waals surface area contributed by atoms with Crippen LogP contribution in [-0.2, 0) is 0 Å². The molecule has 0 amide bonds. The highest BCUT2D eigenvalue weighted by molar-refractivity contribution is 6.01. The molecule has 0 aliphatic heterocycles. The molecule has 0 bridgehead atoms. The highest BCUT2D eigenvalue weighted by Gasteiger charge is 2.50. The number of rotatable bonds is 6. The molecule has 3 N–H and O–H groups in total. The van der Waals surface area contributed by atoms with Crippen LogP contribution in [0.25, 0.3) is 0 Å². The molecule has 7 atom stereocenters. The number of fused-ring (bicyclic) bond motifs is 5. The molecule has 0 aromatic heterocycles. The molecule has 4 nitrogen and oxygen atoms in total. The van der Waals surface area contributed by atoms with Gasteiger partial charge in [0, 0.05) is 19.2 Å². The third-order valence-corrected chi connectivity index (χ3v) is 10.1. The number of anilines is 2. The first-order chi connectivity index (χ1) is 17.2. The van der Waals surface area contributed by atoms with E-state index in [2.05, 4.69) is 10.3 Å². The van der Waals surface area contributed by atoms with Crippen LogP contribution in [0.5, 0.6) is 0 Å². The van der Waals surface area contributed by atoms with Crippen LogP contribution in [0.2, 0.25) is 0 Å². The number of hydrogen-bond acceptors (Lipinski definition) is 3. The van der Waals surface area contributed by atoms with E-state index in [4.69, 9.17) is 5.73 Å². The van der Waals surface area contributed by atoms with Gasteiger partial charge in [0.25, 0.3) is 0 Å². The summed E-state index contributed by atoms with van der Waals surface area (Å²) in [5, 5.41) is 3.37. The quantitative estimate of drug-likeness (QED) is 0.188. The normalized spacial score (nSPS) is 34.0. The first kappa shape index (κ1) is 26.2. The van der Waals surface area contributed by atoms with Gasteiger partial charge in [0.15, 0.2) is 6.29 Å². The third-order valence-electron chi connectivity index (χ3n) is 10.1. The van der Waals surface area contributed by atoms with Gasteiger partial charge in [0.1, 0.15) is 5.84 Å². The maximum absolute atomic E-state index is 11.5. The maximum atomic E-state index is 11.5. The van der Waals surface area contributed by atoms with Gasteiger partial charge < -0.3 is 11.1 Å². The Morgan fingerprint density at radius 3 is 2.43 bits per heavy atom. The minimum absolute atomic E-state index is 0.514. The first-order valence-corrected chi connectivity index (χ1v) is 14.8. The number of aliphatic imine (C=N–C) groups is 1. The number of amidine groups is 1. The molecule has 1 aromatic rings. The maximum Gasteiger partial charge on any atom is 0.154 e. The second-order valence-electron chi connectivity index (χ2n) is 11.5. The van der Waals surface area contributed by atoms with Gasteiger partial charge in [0.2, 0.25) is 0 Å². The van der Waals surface area contributed by atoms with Gasteiger partial charge in [-0.25, -0.2) is 0 Å². The van der Waals surface area contributed by atoms with Crippen LogP contribution in [0.4, 0.5) is 11.4 Å². The Hall–Kier alpha value is -1.84. The predicted octanol–water partition coefficient (Wildman–Crippen LogP) is 7.99. The van der Waals surface area contributed by atoms with Crippen LogP contribution in [0.3, 0.4) is 0 Å². The van der Waals surface area contributed by atoms with Crippen molar-refractivity contribution in [1.29, 1.82) is 0 Å². The average molecular weight is 480 g/mol. The molecular formula is C31H49N3O. The standard InChI is InChI=1S/C29H43N3O.C2H6/c1-31-29(32-28-10-5-9-27(30)26(28)18-33)11-4-7-20-12-14-23-22(20)16-17-24-21-8-3-2-6-19(21)13-15-25(23)24;1-2/h5,9-10,18-25H,2-4,6-8,11-17,30H2,1H3,(H,31,32);1-2H3. The zero-order valence-corrected chi connectivity index (χ0v) is 22.5. The summed E-state index contributed by atoms with van der Waals surface area (Å²) >= 11 is 0. The lowest BCUT2D eigenvalue weighted by molar-refractivity contribution is -0.0250. The number of carbonyl (C=O) groups excluding carboxylic acids is 1. The number of nitrogens with two attached hydrogens (primary N) is 1. The summed E-state index contributed by atoms with van der Waals surface area (Å²) < 4.78 is 0. The van der Waals surface area contributed by atoms with Gasteiger partial charge in [-0.2, -0.15) is 0 Å². The molecule has 0 saturated heterocycles. The zero-order valence-electron chi connectivity index (χ0n) is 22.5. The van der Waals surface area contributed by atoms with Crippen molar-refractivity contribution in [3.05, 3.63) is 23.8 Å². The molecule has 5 rings (SSSR count). The van der Waals surface area contributed by atoms with Crippen molar-refractivity contribution in [3.63, 3.8) is 0 Å². The Kier molecular flexibility index (Phi) is 9.30. The summed E-state index contributed by atoms with van der Waals surface area (Å²) in [6.45, 7) is 4.00. The molecule has 1 aromatic carbocycles. The van der Waals surface area contributed by atoms with Crippen LogP contribution in [-0.4, -0.2) is 19.2 Å². The van der Waals surface area contributed by atoms with Crippen molar-refractivity contribution in [1.82, 2.24) is 0 Å². The average Bonchev–Trinajstić information content (AvgIpc) is 3.32. The second-order valence-corrected chi connectivity index (χ2v) is 11.5. The van der Waals surface area contributed by atoms with Crippen molar-refractivity contribution in [3.8, 4) is 0 Å². The minimum Gasteiger partial charge on any atom is -0.398 e. The lowest BCUT2D eigenvalue weighted by Crippen LogP contribution is -2.44. The van der Waals surface area contributed by atoms with Crippen molar-refractivity contribution < 1.29 is 4.79 Å². The number of nitrogens with one attached hydrogen (secondary N) is 1. The third kappa shape index (κ3) is 5.62.